The number of rotatable bonds is 6. The first kappa shape index (κ1) is 18.3. The van der Waals surface area contributed by atoms with Gasteiger partial charge in [-0.3, -0.25) is 9.59 Å². The van der Waals surface area contributed by atoms with E-state index < -0.39 is 5.91 Å². The van der Waals surface area contributed by atoms with Crippen LogP contribution in [-0.2, 0) is 17.6 Å². The molecule has 2 aromatic rings. The Morgan fingerprint density at radius 2 is 2.04 bits per heavy atom. The number of para-hydroxylation sites is 2. The number of amides is 2. The van der Waals surface area contributed by atoms with Gasteiger partial charge in [-0.25, -0.2) is 0 Å². The Morgan fingerprint density at radius 1 is 1.31 bits per heavy atom. The van der Waals surface area contributed by atoms with E-state index in [1.165, 1.54) is 11.3 Å². The van der Waals surface area contributed by atoms with Gasteiger partial charge in [0.05, 0.1) is 12.7 Å². The lowest BCUT2D eigenvalue weighted by atomic mass is 9.88. The SMILES string of the molecule is COc1ccccc1OCC(=O)Nc1sc2c(c1C(N)=O)CC[C@H](C)C2. The molecule has 2 amide bonds. The molecule has 26 heavy (non-hydrogen) atoms. The van der Waals surface area contributed by atoms with Crippen molar-refractivity contribution < 1.29 is 19.1 Å². The minimum atomic E-state index is -0.502. The number of primary amides is 1. The molecule has 1 aromatic carbocycles. The molecule has 0 spiro atoms. The second-order valence-corrected chi connectivity index (χ2v) is 7.51. The van der Waals surface area contributed by atoms with E-state index in [0.717, 1.165) is 29.7 Å². The number of hydrogen-bond acceptors (Lipinski definition) is 5. The normalized spacial score (nSPS) is 15.8. The Balaban J connectivity index is 1.72. The lowest BCUT2D eigenvalue weighted by Gasteiger charge is -2.18. The number of methoxy groups -OCH3 is 1. The Kier molecular flexibility index (Phi) is 5.46. The van der Waals surface area contributed by atoms with Gasteiger partial charge in [-0.15, -0.1) is 11.3 Å². The summed E-state index contributed by atoms with van der Waals surface area (Å²) in [6, 6.07) is 7.11. The molecule has 1 aliphatic rings. The Bertz CT molecular complexity index is 831. The van der Waals surface area contributed by atoms with Crippen LogP contribution in [0, 0.1) is 5.92 Å². The molecule has 1 aromatic heterocycles. The summed E-state index contributed by atoms with van der Waals surface area (Å²) in [5, 5.41) is 3.30. The van der Waals surface area contributed by atoms with Crippen molar-refractivity contribution in [2.45, 2.75) is 26.2 Å². The van der Waals surface area contributed by atoms with Gasteiger partial charge < -0.3 is 20.5 Å². The zero-order chi connectivity index (χ0) is 18.7. The Labute approximate surface area is 156 Å². The first-order valence-electron chi connectivity index (χ1n) is 8.49. The second kappa shape index (κ2) is 7.78. The summed E-state index contributed by atoms with van der Waals surface area (Å²) in [7, 11) is 1.54. The fraction of sp³-hybridized carbons (Fsp3) is 0.368. The van der Waals surface area contributed by atoms with E-state index in [2.05, 4.69) is 12.2 Å². The first-order chi connectivity index (χ1) is 12.5. The van der Waals surface area contributed by atoms with Gasteiger partial charge in [0.15, 0.2) is 18.1 Å². The van der Waals surface area contributed by atoms with Crippen LogP contribution in [0.1, 0.15) is 34.1 Å². The predicted octanol–water partition coefficient (Wildman–Crippen LogP) is 3.00. The van der Waals surface area contributed by atoms with Gasteiger partial charge in [-0.05, 0) is 42.9 Å². The predicted molar refractivity (Wildman–Crippen MR) is 101 cm³/mol. The molecule has 0 aliphatic heterocycles. The number of nitrogens with one attached hydrogen (secondary N) is 1. The largest absolute Gasteiger partial charge is 0.493 e. The maximum atomic E-state index is 12.3. The van der Waals surface area contributed by atoms with Gasteiger partial charge in [0.2, 0.25) is 0 Å². The van der Waals surface area contributed by atoms with Crippen LogP contribution in [0.4, 0.5) is 5.00 Å². The van der Waals surface area contributed by atoms with Crippen molar-refractivity contribution >= 4 is 28.2 Å². The quantitative estimate of drug-likeness (QED) is 0.813. The van der Waals surface area contributed by atoms with E-state index in [1.54, 1.807) is 25.3 Å². The standard InChI is InChI=1S/C19H22N2O4S/c1-11-7-8-12-15(9-11)26-19(17(12)18(20)23)21-16(22)10-25-14-6-4-3-5-13(14)24-2/h3-6,11H,7-10H2,1-2H3,(H2,20,23)(H,21,22)/t11-/m0/s1. The summed E-state index contributed by atoms with van der Waals surface area (Å²) >= 11 is 1.44. The van der Waals surface area contributed by atoms with Crippen LogP contribution in [0.25, 0.3) is 0 Å². The second-order valence-electron chi connectivity index (χ2n) is 6.41. The monoisotopic (exact) mass is 374 g/mol. The van der Waals surface area contributed by atoms with Gasteiger partial charge in [-0.2, -0.15) is 0 Å². The fourth-order valence-electron chi connectivity index (χ4n) is 3.14. The van der Waals surface area contributed by atoms with Crippen molar-refractivity contribution in [3.63, 3.8) is 0 Å². The lowest BCUT2D eigenvalue weighted by Crippen LogP contribution is -2.22. The third-order valence-electron chi connectivity index (χ3n) is 4.44. The average molecular weight is 374 g/mol. The highest BCUT2D eigenvalue weighted by Gasteiger charge is 2.27. The van der Waals surface area contributed by atoms with Crippen molar-refractivity contribution in [1.29, 1.82) is 0 Å². The van der Waals surface area contributed by atoms with Crippen molar-refractivity contribution in [2.75, 3.05) is 19.0 Å². The van der Waals surface area contributed by atoms with Crippen LogP contribution in [-0.4, -0.2) is 25.5 Å². The van der Waals surface area contributed by atoms with E-state index in [9.17, 15) is 9.59 Å². The molecule has 0 saturated carbocycles. The molecule has 0 bridgehead atoms. The molecule has 0 unspecified atom stereocenters. The number of hydrogen-bond donors (Lipinski definition) is 2. The minimum Gasteiger partial charge on any atom is -0.493 e. The molecule has 7 heteroatoms. The molecule has 3 rings (SSSR count). The summed E-state index contributed by atoms with van der Waals surface area (Å²) in [4.78, 5) is 25.4. The fourth-order valence-corrected chi connectivity index (χ4v) is 4.58. The molecule has 1 aliphatic carbocycles. The number of fused-ring (bicyclic) bond motifs is 1. The number of nitrogens with two attached hydrogens (primary N) is 1. The Hall–Kier alpha value is -2.54. The maximum absolute atomic E-state index is 12.3. The van der Waals surface area contributed by atoms with Crippen molar-refractivity contribution in [3.8, 4) is 11.5 Å². The number of anilines is 1. The number of thiophene rings is 1. The van der Waals surface area contributed by atoms with Gasteiger partial charge in [0.25, 0.3) is 11.8 Å². The van der Waals surface area contributed by atoms with Gasteiger partial charge in [-0.1, -0.05) is 19.1 Å². The van der Waals surface area contributed by atoms with Gasteiger partial charge in [0.1, 0.15) is 5.00 Å². The molecular weight excluding hydrogens is 352 g/mol. The molecule has 0 saturated heterocycles. The van der Waals surface area contributed by atoms with Crippen molar-refractivity contribution in [1.82, 2.24) is 0 Å². The summed E-state index contributed by atoms with van der Waals surface area (Å²) < 4.78 is 10.7. The molecular formula is C19H22N2O4S. The number of carbonyl (C=O) groups excluding carboxylic acids is 2. The first-order valence-corrected chi connectivity index (χ1v) is 9.31. The molecule has 6 nitrogen and oxygen atoms in total. The third-order valence-corrected chi connectivity index (χ3v) is 5.61. The number of benzene rings is 1. The zero-order valence-corrected chi connectivity index (χ0v) is 15.7. The maximum Gasteiger partial charge on any atom is 0.262 e. The third kappa shape index (κ3) is 3.83. The average Bonchev–Trinajstić information content (AvgIpc) is 2.97. The van der Waals surface area contributed by atoms with Crippen LogP contribution in [0.2, 0.25) is 0 Å². The lowest BCUT2D eigenvalue weighted by molar-refractivity contribution is -0.118. The molecule has 3 N–H and O–H groups in total. The minimum absolute atomic E-state index is 0.183. The summed E-state index contributed by atoms with van der Waals surface area (Å²) in [6.45, 7) is 2.00. The van der Waals surface area contributed by atoms with Crippen LogP contribution in [0.5, 0.6) is 11.5 Å². The zero-order valence-electron chi connectivity index (χ0n) is 14.8. The summed E-state index contributed by atoms with van der Waals surface area (Å²) in [6.07, 6.45) is 2.75. The molecule has 138 valence electrons. The van der Waals surface area contributed by atoms with Crippen LogP contribution in [0.15, 0.2) is 24.3 Å². The topological polar surface area (TPSA) is 90.7 Å². The highest BCUT2D eigenvalue weighted by atomic mass is 32.1. The molecule has 0 fully saturated rings. The van der Waals surface area contributed by atoms with E-state index in [-0.39, 0.29) is 12.5 Å². The molecule has 1 atom stereocenters. The highest BCUT2D eigenvalue weighted by molar-refractivity contribution is 7.17. The van der Waals surface area contributed by atoms with Crippen molar-refractivity contribution in [3.05, 3.63) is 40.3 Å². The summed E-state index contributed by atoms with van der Waals surface area (Å²) in [5.74, 6) is 0.764. The van der Waals surface area contributed by atoms with Crippen molar-refractivity contribution in [2.24, 2.45) is 11.7 Å². The number of ether oxygens (including phenoxy) is 2. The smallest absolute Gasteiger partial charge is 0.262 e. The molecule has 1 heterocycles. The van der Waals surface area contributed by atoms with Crippen LogP contribution in [0.3, 0.4) is 0 Å². The van der Waals surface area contributed by atoms with E-state index >= 15 is 0 Å². The van der Waals surface area contributed by atoms with Crippen LogP contribution < -0.4 is 20.5 Å². The van der Waals surface area contributed by atoms with E-state index in [1.807, 2.05) is 6.07 Å². The van der Waals surface area contributed by atoms with E-state index in [0.29, 0.717) is 28.0 Å². The Morgan fingerprint density at radius 3 is 2.73 bits per heavy atom. The van der Waals surface area contributed by atoms with Gasteiger partial charge >= 0.3 is 0 Å². The van der Waals surface area contributed by atoms with Crippen LogP contribution >= 0.6 is 11.3 Å². The van der Waals surface area contributed by atoms with Gasteiger partial charge in [0, 0.05) is 4.88 Å². The highest BCUT2D eigenvalue weighted by Crippen LogP contribution is 2.39. The molecule has 0 radical (unpaired) electrons. The number of carbonyl (C=O) groups is 2. The summed E-state index contributed by atoms with van der Waals surface area (Å²) in [5.41, 5.74) is 7.00. The van der Waals surface area contributed by atoms with E-state index in [4.69, 9.17) is 15.2 Å².